The zero-order valence-electron chi connectivity index (χ0n) is 9.99. The van der Waals surface area contributed by atoms with E-state index in [1.807, 2.05) is 18.2 Å². The minimum Gasteiger partial charge on any atom is -0.383 e. The van der Waals surface area contributed by atoms with Crippen LogP contribution in [0.1, 0.15) is 17.2 Å². The maximum atomic E-state index is 6.13. The second-order valence-corrected chi connectivity index (χ2v) is 4.89. The van der Waals surface area contributed by atoms with Crippen molar-refractivity contribution in [3.8, 4) is 0 Å². The van der Waals surface area contributed by atoms with E-state index in [2.05, 4.69) is 41.0 Å². The quantitative estimate of drug-likeness (QED) is 0.819. The number of hydrogen-bond donors (Lipinski definition) is 2. The summed E-state index contributed by atoms with van der Waals surface area (Å²) in [6.07, 6.45) is 0. The van der Waals surface area contributed by atoms with E-state index in [1.54, 1.807) is 0 Å². The number of nitrogens with one attached hydrogen (secondary N) is 2. The van der Waals surface area contributed by atoms with Crippen molar-refractivity contribution in [1.29, 1.82) is 0 Å². The lowest BCUT2D eigenvalue weighted by atomic mass is 9.97. The van der Waals surface area contributed by atoms with Crippen molar-refractivity contribution in [1.82, 2.24) is 5.32 Å². The standard InChI is InChI=1S/C15H15ClN2/c16-12-6-7-14-13(10-12)15(18-9-8-17-14)11-4-2-1-3-5-11/h1-7,10,15,17-18H,8-9H2. The van der Waals surface area contributed by atoms with Crippen molar-refractivity contribution >= 4 is 17.3 Å². The molecule has 0 bridgehead atoms. The first-order valence-electron chi connectivity index (χ1n) is 6.16. The minimum absolute atomic E-state index is 0.204. The van der Waals surface area contributed by atoms with E-state index in [9.17, 15) is 0 Å². The monoisotopic (exact) mass is 258 g/mol. The largest absolute Gasteiger partial charge is 0.383 e. The van der Waals surface area contributed by atoms with Gasteiger partial charge in [0, 0.05) is 23.8 Å². The van der Waals surface area contributed by atoms with Gasteiger partial charge in [0.25, 0.3) is 0 Å². The van der Waals surface area contributed by atoms with Crippen molar-refractivity contribution in [3.05, 3.63) is 64.7 Å². The van der Waals surface area contributed by atoms with Gasteiger partial charge in [-0.25, -0.2) is 0 Å². The summed E-state index contributed by atoms with van der Waals surface area (Å²) in [6, 6.07) is 16.7. The molecule has 0 aliphatic carbocycles. The van der Waals surface area contributed by atoms with E-state index in [1.165, 1.54) is 16.8 Å². The van der Waals surface area contributed by atoms with Crippen LogP contribution in [0.3, 0.4) is 0 Å². The molecule has 1 aliphatic rings. The van der Waals surface area contributed by atoms with Crippen molar-refractivity contribution in [3.63, 3.8) is 0 Å². The summed E-state index contributed by atoms with van der Waals surface area (Å²) in [6.45, 7) is 1.86. The van der Waals surface area contributed by atoms with Gasteiger partial charge in [-0.3, -0.25) is 0 Å². The summed E-state index contributed by atoms with van der Waals surface area (Å²) in [5.41, 5.74) is 3.65. The van der Waals surface area contributed by atoms with Gasteiger partial charge >= 0.3 is 0 Å². The van der Waals surface area contributed by atoms with Gasteiger partial charge in [0.05, 0.1) is 6.04 Å². The van der Waals surface area contributed by atoms with E-state index in [4.69, 9.17) is 11.6 Å². The molecule has 2 aromatic carbocycles. The molecule has 1 atom stereocenters. The molecule has 1 unspecified atom stereocenters. The van der Waals surface area contributed by atoms with Crippen LogP contribution in [0, 0.1) is 0 Å². The number of benzene rings is 2. The summed E-state index contributed by atoms with van der Waals surface area (Å²) in [5.74, 6) is 0. The van der Waals surface area contributed by atoms with Gasteiger partial charge in [0.1, 0.15) is 0 Å². The van der Waals surface area contributed by atoms with Crippen LogP contribution in [-0.4, -0.2) is 13.1 Å². The van der Waals surface area contributed by atoms with E-state index in [0.717, 1.165) is 18.1 Å². The van der Waals surface area contributed by atoms with Crippen LogP contribution in [-0.2, 0) is 0 Å². The Morgan fingerprint density at radius 2 is 1.83 bits per heavy atom. The number of anilines is 1. The number of fused-ring (bicyclic) bond motifs is 1. The minimum atomic E-state index is 0.204. The van der Waals surface area contributed by atoms with Crippen LogP contribution in [0.15, 0.2) is 48.5 Å². The van der Waals surface area contributed by atoms with Crippen molar-refractivity contribution < 1.29 is 0 Å². The highest BCUT2D eigenvalue weighted by Crippen LogP contribution is 2.31. The molecule has 0 aromatic heterocycles. The third-order valence-corrected chi connectivity index (χ3v) is 3.48. The highest BCUT2D eigenvalue weighted by molar-refractivity contribution is 6.30. The van der Waals surface area contributed by atoms with Gasteiger partial charge in [0.15, 0.2) is 0 Å². The predicted octanol–water partition coefficient (Wildman–Crippen LogP) is 3.44. The van der Waals surface area contributed by atoms with Crippen LogP contribution in [0.5, 0.6) is 0 Å². The molecule has 1 aliphatic heterocycles. The predicted molar refractivity (Wildman–Crippen MR) is 76.2 cm³/mol. The summed E-state index contributed by atoms with van der Waals surface area (Å²) in [7, 11) is 0. The van der Waals surface area contributed by atoms with Gasteiger partial charge in [0.2, 0.25) is 0 Å². The molecule has 0 saturated heterocycles. The molecule has 0 amide bonds. The zero-order chi connectivity index (χ0) is 12.4. The maximum Gasteiger partial charge on any atom is 0.0598 e. The lowest BCUT2D eigenvalue weighted by molar-refractivity contribution is 0.634. The molecule has 0 spiro atoms. The average molecular weight is 259 g/mol. The Balaban J connectivity index is 2.08. The zero-order valence-corrected chi connectivity index (χ0v) is 10.7. The summed E-state index contributed by atoms with van der Waals surface area (Å²) >= 11 is 6.13. The average Bonchev–Trinajstić information content (AvgIpc) is 2.61. The van der Waals surface area contributed by atoms with Crippen LogP contribution >= 0.6 is 11.6 Å². The molecule has 3 rings (SSSR count). The highest BCUT2D eigenvalue weighted by atomic mass is 35.5. The Hall–Kier alpha value is -1.51. The van der Waals surface area contributed by atoms with Crippen molar-refractivity contribution in [2.45, 2.75) is 6.04 Å². The Morgan fingerprint density at radius 3 is 2.67 bits per heavy atom. The van der Waals surface area contributed by atoms with Crippen LogP contribution < -0.4 is 10.6 Å². The summed E-state index contributed by atoms with van der Waals surface area (Å²) in [4.78, 5) is 0. The second kappa shape index (κ2) is 5.01. The van der Waals surface area contributed by atoms with E-state index in [-0.39, 0.29) is 6.04 Å². The molecule has 18 heavy (non-hydrogen) atoms. The smallest absolute Gasteiger partial charge is 0.0598 e. The SMILES string of the molecule is Clc1ccc2c(c1)C(c1ccccc1)NCCN2. The molecule has 0 radical (unpaired) electrons. The van der Waals surface area contributed by atoms with E-state index >= 15 is 0 Å². The third kappa shape index (κ3) is 2.22. The van der Waals surface area contributed by atoms with E-state index < -0.39 is 0 Å². The molecule has 92 valence electrons. The Morgan fingerprint density at radius 1 is 1.00 bits per heavy atom. The maximum absolute atomic E-state index is 6.13. The lowest BCUT2D eigenvalue weighted by Crippen LogP contribution is -2.23. The normalized spacial score (nSPS) is 18.6. The first-order chi connectivity index (χ1) is 8.84. The highest BCUT2D eigenvalue weighted by Gasteiger charge is 2.19. The molecule has 2 N–H and O–H groups in total. The Bertz CT molecular complexity index is 539. The molecule has 1 heterocycles. The topological polar surface area (TPSA) is 24.1 Å². The number of hydrogen-bond acceptors (Lipinski definition) is 2. The van der Waals surface area contributed by atoms with Gasteiger partial charge in [-0.15, -0.1) is 0 Å². The van der Waals surface area contributed by atoms with E-state index in [0.29, 0.717) is 0 Å². The molecule has 3 heteroatoms. The second-order valence-electron chi connectivity index (χ2n) is 4.46. The summed E-state index contributed by atoms with van der Waals surface area (Å²) in [5, 5.41) is 7.77. The molecule has 2 aromatic rings. The van der Waals surface area contributed by atoms with Gasteiger partial charge in [-0.05, 0) is 29.3 Å². The van der Waals surface area contributed by atoms with Gasteiger partial charge in [-0.2, -0.15) is 0 Å². The van der Waals surface area contributed by atoms with Gasteiger partial charge < -0.3 is 10.6 Å². The fourth-order valence-corrected chi connectivity index (χ4v) is 2.58. The van der Waals surface area contributed by atoms with Crippen LogP contribution in [0.4, 0.5) is 5.69 Å². The lowest BCUT2D eigenvalue weighted by Gasteiger charge is -2.19. The van der Waals surface area contributed by atoms with Crippen LogP contribution in [0.2, 0.25) is 5.02 Å². The fourth-order valence-electron chi connectivity index (χ4n) is 2.40. The summed E-state index contributed by atoms with van der Waals surface area (Å²) < 4.78 is 0. The molecular formula is C15H15ClN2. The molecule has 0 saturated carbocycles. The molecule has 2 nitrogen and oxygen atoms in total. The first kappa shape index (κ1) is 11.6. The first-order valence-corrected chi connectivity index (χ1v) is 6.54. The Kier molecular flexibility index (Phi) is 3.22. The van der Waals surface area contributed by atoms with Crippen molar-refractivity contribution in [2.24, 2.45) is 0 Å². The van der Waals surface area contributed by atoms with Gasteiger partial charge in [-0.1, -0.05) is 41.9 Å². The molecule has 0 fully saturated rings. The van der Waals surface area contributed by atoms with Crippen LogP contribution in [0.25, 0.3) is 0 Å². The number of halogens is 1. The third-order valence-electron chi connectivity index (χ3n) is 3.25. The molecular weight excluding hydrogens is 244 g/mol. The number of rotatable bonds is 1. The Labute approximate surface area is 112 Å². The fraction of sp³-hybridized carbons (Fsp3) is 0.200. The van der Waals surface area contributed by atoms with Crippen molar-refractivity contribution in [2.75, 3.05) is 18.4 Å².